The highest BCUT2D eigenvalue weighted by Gasteiger charge is 2.38. The van der Waals surface area contributed by atoms with Crippen molar-refractivity contribution in [1.29, 1.82) is 0 Å². The van der Waals surface area contributed by atoms with E-state index in [-0.39, 0.29) is 22.4 Å². The molecule has 0 aliphatic heterocycles. The van der Waals surface area contributed by atoms with Crippen molar-refractivity contribution in [2.24, 2.45) is 0 Å². The van der Waals surface area contributed by atoms with Crippen LogP contribution in [0.4, 0.5) is 18.9 Å². The number of carbonyl (C=O) groups is 1. The zero-order valence-corrected chi connectivity index (χ0v) is 14.4. The number of hydrogen-bond donors (Lipinski definition) is 1. The molecule has 0 radical (unpaired) electrons. The molecule has 0 unspecified atom stereocenters. The standard InChI is InChI=1S/C16H13ClF3N3OS/c17-9-4-6-10(7-5-9)21-13(24)8-25-15-22-12-3-1-2-11(12)14(23-15)16(18,19)20/h4-7H,1-3,8H2,(H,21,24). The van der Waals surface area contributed by atoms with Crippen molar-refractivity contribution in [3.63, 3.8) is 0 Å². The van der Waals surface area contributed by atoms with Gasteiger partial charge >= 0.3 is 6.18 Å². The molecule has 1 aromatic carbocycles. The summed E-state index contributed by atoms with van der Waals surface area (Å²) in [6.45, 7) is 0. The molecule has 3 rings (SSSR count). The highest BCUT2D eigenvalue weighted by molar-refractivity contribution is 7.99. The van der Waals surface area contributed by atoms with Crippen LogP contribution < -0.4 is 5.32 Å². The Hall–Kier alpha value is -1.80. The number of carbonyl (C=O) groups excluding carboxylic acids is 1. The molecule has 0 saturated heterocycles. The first-order chi connectivity index (χ1) is 11.8. The van der Waals surface area contributed by atoms with Crippen molar-refractivity contribution < 1.29 is 18.0 Å². The number of nitrogens with one attached hydrogen (secondary N) is 1. The number of nitrogens with zero attached hydrogens (tertiary/aromatic N) is 2. The van der Waals surface area contributed by atoms with Crippen molar-refractivity contribution >= 4 is 35.0 Å². The van der Waals surface area contributed by atoms with Gasteiger partial charge in [-0.15, -0.1) is 0 Å². The van der Waals surface area contributed by atoms with E-state index in [1.54, 1.807) is 24.3 Å². The minimum Gasteiger partial charge on any atom is -0.325 e. The third-order valence-corrected chi connectivity index (χ3v) is 4.74. The molecule has 0 fully saturated rings. The van der Waals surface area contributed by atoms with Gasteiger partial charge < -0.3 is 5.32 Å². The van der Waals surface area contributed by atoms with Gasteiger partial charge in [-0.25, -0.2) is 9.97 Å². The molecule has 0 bridgehead atoms. The molecule has 132 valence electrons. The third-order valence-electron chi connectivity index (χ3n) is 3.64. The highest BCUT2D eigenvalue weighted by atomic mass is 35.5. The molecule has 1 aromatic heterocycles. The van der Waals surface area contributed by atoms with Crippen LogP contribution in [0.15, 0.2) is 29.4 Å². The summed E-state index contributed by atoms with van der Waals surface area (Å²) in [6.07, 6.45) is -3.03. The number of amides is 1. The van der Waals surface area contributed by atoms with E-state index in [9.17, 15) is 18.0 Å². The average Bonchev–Trinajstić information content (AvgIpc) is 3.01. The lowest BCUT2D eigenvalue weighted by molar-refractivity contribution is -0.142. The largest absolute Gasteiger partial charge is 0.433 e. The molecule has 1 N–H and O–H groups in total. The van der Waals surface area contributed by atoms with Crippen molar-refractivity contribution in [2.75, 3.05) is 11.1 Å². The second kappa shape index (κ2) is 7.21. The van der Waals surface area contributed by atoms with E-state index in [1.165, 1.54) is 0 Å². The smallest absolute Gasteiger partial charge is 0.325 e. The van der Waals surface area contributed by atoms with Crippen LogP contribution in [-0.2, 0) is 23.8 Å². The fourth-order valence-corrected chi connectivity index (χ4v) is 3.36. The Kier molecular flexibility index (Phi) is 5.19. The van der Waals surface area contributed by atoms with Gasteiger partial charge in [0.2, 0.25) is 5.91 Å². The van der Waals surface area contributed by atoms with Crippen molar-refractivity contribution in [2.45, 2.75) is 30.6 Å². The maximum Gasteiger partial charge on any atom is 0.433 e. The molecule has 1 heterocycles. The Bertz CT molecular complexity index is 796. The van der Waals surface area contributed by atoms with Crippen LogP contribution in [0.3, 0.4) is 0 Å². The van der Waals surface area contributed by atoms with Crippen LogP contribution in [0.25, 0.3) is 0 Å². The fraction of sp³-hybridized carbons (Fsp3) is 0.312. The molecule has 1 aliphatic rings. The van der Waals surface area contributed by atoms with Gasteiger partial charge in [0.05, 0.1) is 5.75 Å². The van der Waals surface area contributed by atoms with Gasteiger partial charge in [-0.2, -0.15) is 13.2 Å². The number of thioether (sulfide) groups is 1. The zero-order chi connectivity index (χ0) is 18.0. The first-order valence-corrected chi connectivity index (χ1v) is 8.84. The summed E-state index contributed by atoms with van der Waals surface area (Å²) in [6, 6.07) is 6.53. The summed E-state index contributed by atoms with van der Waals surface area (Å²) >= 11 is 6.65. The van der Waals surface area contributed by atoms with Crippen LogP contribution in [0.1, 0.15) is 23.4 Å². The van der Waals surface area contributed by atoms with E-state index >= 15 is 0 Å². The molecule has 1 aliphatic carbocycles. The molecular weight excluding hydrogens is 375 g/mol. The van der Waals surface area contributed by atoms with Crippen molar-refractivity contribution in [1.82, 2.24) is 9.97 Å². The van der Waals surface area contributed by atoms with Gasteiger partial charge in [0.25, 0.3) is 0 Å². The molecule has 1 amide bonds. The number of anilines is 1. The number of aryl methyl sites for hydroxylation is 1. The monoisotopic (exact) mass is 387 g/mol. The van der Waals surface area contributed by atoms with Crippen LogP contribution >= 0.6 is 23.4 Å². The maximum absolute atomic E-state index is 13.2. The molecule has 4 nitrogen and oxygen atoms in total. The second-order valence-corrected chi connectivity index (χ2v) is 6.85. The first-order valence-electron chi connectivity index (χ1n) is 7.48. The zero-order valence-electron chi connectivity index (χ0n) is 12.9. The van der Waals surface area contributed by atoms with Crippen LogP contribution in [-0.4, -0.2) is 21.6 Å². The quantitative estimate of drug-likeness (QED) is 0.625. The van der Waals surface area contributed by atoms with Gasteiger partial charge in [0.15, 0.2) is 10.9 Å². The summed E-state index contributed by atoms with van der Waals surface area (Å²) in [5.41, 5.74) is 0.293. The summed E-state index contributed by atoms with van der Waals surface area (Å²) in [4.78, 5) is 19.8. The highest BCUT2D eigenvalue weighted by Crippen LogP contribution is 2.36. The maximum atomic E-state index is 13.2. The van der Waals surface area contributed by atoms with E-state index < -0.39 is 11.9 Å². The molecule has 2 aromatic rings. The molecule has 0 atom stereocenters. The molecule has 0 spiro atoms. The number of aromatic nitrogens is 2. The van der Waals surface area contributed by atoms with Crippen LogP contribution in [0.5, 0.6) is 0 Å². The number of benzene rings is 1. The van der Waals surface area contributed by atoms with E-state index in [4.69, 9.17) is 11.6 Å². The Balaban J connectivity index is 1.69. The number of fused-ring (bicyclic) bond motifs is 1. The Morgan fingerprint density at radius 2 is 1.92 bits per heavy atom. The third kappa shape index (κ3) is 4.43. The molecular formula is C16H13ClF3N3OS. The average molecular weight is 388 g/mol. The topological polar surface area (TPSA) is 54.9 Å². The van der Waals surface area contributed by atoms with Gasteiger partial charge in [-0.3, -0.25) is 4.79 Å². The van der Waals surface area contributed by atoms with E-state index in [2.05, 4.69) is 15.3 Å². The van der Waals surface area contributed by atoms with Crippen LogP contribution in [0.2, 0.25) is 5.02 Å². The molecule has 25 heavy (non-hydrogen) atoms. The van der Waals surface area contributed by atoms with Crippen molar-refractivity contribution in [3.8, 4) is 0 Å². The first kappa shape index (κ1) is 18.0. The summed E-state index contributed by atoms with van der Waals surface area (Å²) in [7, 11) is 0. The molecule has 0 saturated carbocycles. The van der Waals surface area contributed by atoms with Gasteiger partial charge in [0.1, 0.15) is 0 Å². The number of halogens is 4. The SMILES string of the molecule is O=C(CSc1nc2c(c(C(F)(F)F)n1)CCC2)Nc1ccc(Cl)cc1. The normalized spacial score (nSPS) is 13.6. The Labute approximate surface area is 151 Å². The van der Waals surface area contributed by atoms with Gasteiger partial charge in [0, 0.05) is 22.0 Å². The number of hydrogen-bond acceptors (Lipinski definition) is 4. The summed E-state index contributed by atoms with van der Waals surface area (Å²) in [5, 5.41) is 3.15. The van der Waals surface area contributed by atoms with Crippen LogP contribution in [0, 0.1) is 0 Å². The minimum absolute atomic E-state index is 0.0285. The van der Waals surface area contributed by atoms with E-state index in [1.807, 2.05) is 0 Å². The summed E-state index contributed by atoms with van der Waals surface area (Å²) in [5.74, 6) is -0.441. The predicted octanol–water partition coefficient (Wildman–Crippen LogP) is 4.37. The van der Waals surface area contributed by atoms with Crippen molar-refractivity contribution in [3.05, 3.63) is 46.2 Å². The lowest BCUT2D eigenvalue weighted by Gasteiger charge is -2.12. The number of rotatable bonds is 4. The van der Waals surface area contributed by atoms with Gasteiger partial charge in [-0.05, 0) is 43.5 Å². The molecule has 9 heteroatoms. The predicted molar refractivity (Wildman–Crippen MR) is 89.9 cm³/mol. The van der Waals surface area contributed by atoms with E-state index in [0.717, 1.165) is 11.8 Å². The second-order valence-electron chi connectivity index (χ2n) is 5.48. The lowest BCUT2D eigenvalue weighted by atomic mass is 10.2. The number of alkyl halides is 3. The van der Waals surface area contributed by atoms with E-state index in [0.29, 0.717) is 35.7 Å². The Morgan fingerprint density at radius 1 is 1.20 bits per heavy atom. The lowest BCUT2D eigenvalue weighted by Crippen LogP contribution is -2.16. The minimum atomic E-state index is -4.52. The fourth-order valence-electron chi connectivity index (χ4n) is 2.57. The summed E-state index contributed by atoms with van der Waals surface area (Å²) < 4.78 is 39.5. The van der Waals surface area contributed by atoms with Gasteiger partial charge in [-0.1, -0.05) is 23.4 Å². The Morgan fingerprint density at radius 3 is 2.60 bits per heavy atom.